The van der Waals surface area contributed by atoms with Crippen molar-refractivity contribution < 1.29 is 17.9 Å². The largest absolute Gasteiger partial charge is 0.484 e. The number of ether oxygens (including phenoxy) is 1. The van der Waals surface area contributed by atoms with Crippen LogP contribution in [0.1, 0.15) is 26.3 Å². The zero-order chi connectivity index (χ0) is 19.4. The van der Waals surface area contributed by atoms with E-state index in [1.165, 1.54) is 12.1 Å². The number of sulfonamides is 1. The van der Waals surface area contributed by atoms with Crippen LogP contribution in [-0.2, 0) is 20.2 Å². The predicted octanol–water partition coefficient (Wildman–Crippen LogP) is 3.03. The highest BCUT2D eigenvalue weighted by molar-refractivity contribution is 7.89. The van der Waals surface area contributed by atoms with Gasteiger partial charge >= 0.3 is 0 Å². The second-order valence-electron chi connectivity index (χ2n) is 6.67. The molecule has 0 unspecified atom stereocenters. The third-order valence-electron chi connectivity index (χ3n) is 3.54. The highest BCUT2D eigenvalue weighted by atomic mass is 35.5. The van der Waals surface area contributed by atoms with Gasteiger partial charge in [-0.2, -0.15) is 0 Å². The van der Waals surface area contributed by atoms with Gasteiger partial charge in [-0.25, -0.2) is 8.42 Å². The highest BCUT2D eigenvalue weighted by Crippen LogP contribution is 2.23. The van der Waals surface area contributed by atoms with Crippen LogP contribution in [0.4, 0.5) is 0 Å². The molecule has 0 heterocycles. The molecule has 2 aromatic rings. The van der Waals surface area contributed by atoms with Crippen LogP contribution in [0.15, 0.2) is 53.4 Å². The third-order valence-corrected chi connectivity index (χ3v) is 5.05. The SMILES string of the molecule is CC(C)(C)c1ccc(S(=O)(=O)NNC(=O)COc2ccc(Cl)cc2)cc1. The number of amides is 1. The lowest BCUT2D eigenvalue weighted by atomic mass is 9.87. The van der Waals surface area contributed by atoms with Crippen molar-refractivity contribution in [3.63, 3.8) is 0 Å². The van der Waals surface area contributed by atoms with Crippen molar-refractivity contribution in [2.45, 2.75) is 31.1 Å². The number of benzene rings is 2. The van der Waals surface area contributed by atoms with Crippen molar-refractivity contribution >= 4 is 27.5 Å². The zero-order valence-corrected chi connectivity index (χ0v) is 16.3. The fourth-order valence-corrected chi connectivity index (χ4v) is 3.02. The second kappa shape index (κ2) is 8.07. The number of halogens is 1. The second-order valence-corrected chi connectivity index (χ2v) is 8.79. The lowest BCUT2D eigenvalue weighted by molar-refractivity contribution is -0.123. The molecule has 26 heavy (non-hydrogen) atoms. The molecule has 0 saturated heterocycles. The maximum absolute atomic E-state index is 12.2. The molecule has 0 saturated carbocycles. The number of hydrazine groups is 1. The van der Waals surface area contributed by atoms with Gasteiger partial charge in [-0.3, -0.25) is 10.2 Å². The summed E-state index contributed by atoms with van der Waals surface area (Å²) in [5.41, 5.74) is 3.05. The van der Waals surface area contributed by atoms with Gasteiger partial charge in [-0.1, -0.05) is 44.5 Å². The van der Waals surface area contributed by atoms with Crippen LogP contribution < -0.4 is 15.0 Å². The smallest absolute Gasteiger partial charge is 0.272 e. The molecule has 140 valence electrons. The molecule has 0 spiro atoms. The van der Waals surface area contributed by atoms with Crippen LogP contribution in [0.3, 0.4) is 0 Å². The molecule has 1 amide bonds. The molecule has 0 bridgehead atoms. The molecular weight excluding hydrogens is 376 g/mol. The summed E-state index contributed by atoms with van der Waals surface area (Å²) in [4.78, 5) is 13.9. The fraction of sp³-hybridized carbons (Fsp3) is 0.278. The maximum atomic E-state index is 12.2. The number of carbonyl (C=O) groups is 1. The number of rotatable bonds is 6. The van der Waals surface area contributed by atoms with Gasteiger partial charge in [0.1, 0.15) is 5.75 Å². The Bertz CT molecular complexity index is 858. The van der Waals surface area contributed by atoms with E-state index in [0.29, 0.717) is 10.8 Å². The number of hydrogen-bond acceptors (Lipinski definition) is 4. The summed E-state index contributed by atoms with van der Waals surface area (Å²) < 4.78 is 29.7. The van der Waals surface area contributed by atoms with Gasteiger partial charge in [0.05, 0.1) is 4.90 Å². The first-order valence-corrected chi connectivity index (χ1v) is 9.73. The fourth-order valence-electron chi connectivity index (χ4n) is 2.03. The molecular formula is C18H21ClN2O4S. The standard InChI is InChI=1S/C18H21ClN2O4S/c1-18(2,3)13-4-10-16(11-5-13)26(23,24)21-20-17(22)12-25-15-8-6-14(19)7-9-15/h4-11,21H,12H2,1-3H3,(H,20,22). The zero-order valence-electron chi connectivity index (χ0n) is 14.7. The van der Waals surface area contributed by atoms with E-state index in [4.69, 9.17) is 16.3 Å². The molecule has 0 fully saturated rings. The van der Waals surface area contributed by atoms with Gasteiger partial charge in [0.15, 0.2) is 6.61 Å². The summed E-state index contributed by atoms with van der Waals surface area (Å²) >= 11 is 5.76. The van der Waals surface area contributed by atoms with E-state index in [9.17, 15) is 13.2 Å². The van der Waals surface area contributed by atoms with Gasteiger partial charge in [0.25, 0.3) is 15.9 Å². The van der Waals surface area contributed by atoms with E-state index in [-0.39, 0.29) is 16.9 Å². The Morgan fingerprint density at radius 2 is 1.62 bits per heavy atom. The number of carbonyl (C=O) groups excluding carboxylic acids is 1. The summed E-state index contributed by atoms with van der Waals surface area (Å²) in [5, 5.41) is 0.548. The van der Waals surface area contributed by atoms with Crippen molar-refractivity contribution in [2.75, 3.05) is 6.61 Å². The number of hydrogen-bond donors (Lipinski definition) is 2. The lowest BCUT2D eigenvalue weighted by Gasteiger charge is -2.19. The molecule has 0 atom stereocenters. The van der Waals surface area contributed by atoms with Crippen molar-refractivity contribution in [3.8, 4) is 5.75 Å². The minimum absolute atomic E-state index is 0.0596. The van der Waals surface area contributed by atoms with E-state index < -0.39 is 15.9 Å². The van der Waals surface area contributed by atoms with Crippen LogP contribution in [0, 0.1) is 0 Å². The Morgan fingerprint density at radius 3 is 2.15 bits per heavy atom. The molecule has 0 aliphatic heterocycles. The van der Waals surface area contributed by atoms with Crippen molar-refractivity contribution in [3.05, 3.63) is 59.1 Å². The molecule has 2 rings (SSSR count). The first-order chi connectivity index (χ1) is 12.1. The molecule has 0 aliphatic carbocycles. The van der Waals surface area contributed by atoms with E-state index in [1.807, 2.05) is 20.8 Å². The molecule has 0 aromatic heterocycles. The summed E-state index contributed by atoms with van der Waals surface area (Å²) in [6, 6.07) is 13.0. The van der Waals surface area contributed by atoms with Gasteiger partial charge < -0.3 is 4.74 Å². The van der Waals surface area contributed by atoms with Crippen LogP contribution in [0.2, 0.25) is 5.02 Å². The summed E-state index contributed by atoms with van der Waals surface area (Å²) in [7, 11) is -3.86. The van der Waals surface area contributed by atoms with Gasteiger partial charge in [-0.05, 0) is 47.4 Å². The predicted molar refractivity (Wildman–Crippen MR) is 101 cm³/mol. The van der Waals surface area contributed by atoms with E-state index in [2.05, 4.69) is 10.3 Å². The first kappa shape index (κ1) is 20.2. The van der Waals surface area contributed by atoms with Crippen LogP contribution in [-0.4, -0.2) is 20.9 Å². The highest BCUT2D eigenvalue weighted by Gasteiger charge is 2.18. The third kappa shape index (κ3) is 5.72. The lowest BCUT2D eigenvalue weighted by Crippen LogP contribution is -2.43. The Balaban J connectivity index is 1.90. The normalized spacial score (nSPS) is 11.8. The molecule has 2 aromatic carbocycles. The molecule has 6 nitrogen and oxygen atoms in total. The average Bonchev–Trinajstić information content (AvgIpc) is 2.59. The quantitative estimate of drug-likeness (QED) is 0.735. The van der Waals surface area contributed by atoms with Crippen molar-refractivity contribution in [1.82, 2.24) is 10.3 Å². The van der Waals surface area contributed by atoms with E-state index >= 15 is 0 Å². The minimum Gasteiger partial charge on any atom is -0.484 e. The molecule has 0 radical (unpaired) electrons. The maximum Gasteiger partial charge on any atom is 0.272 e. The molecule has 8 heteroatoms. The Kier molecular flexibility index (Phi) is 6.28. The first-order valence-electron chi connectivity index (χ1n) is 7.87. The average molecular weight is 397 g/mol. The Morgan fingerprint density at radius 1 is 1.04 bits per heavy atom. The summed E-state index contributed by atoms with van der Waals surface area (Å²) in [6.45, 7) is 5.77. The summed E-state index contributed by atoms with van der Waals surface area (Å²) in [6.07, 6.45) is 0. The van der Waals surface area contributed by atoms with Gasteiger partial charge in [-0.15, -0.1) is 4.83 Å². The molecule has 2 N–H and O–H groups in total. The van der Waals surface area contributed by atoms with Crippen LogP contribution >= 0.6 is 11.6 Å². The van der Waals surface area contributed by atoms with Gasteiger partial charge in [0, 0.05) is 5.02 Å². The van der Waals surface area contributed by atoms with E-state index in [1.54, 1.807) is 36.4 Å². The monoisotopic (exact) mass is 396 g/mol. The number of nitrogens with one attached hydrogen (secondary N) is 2. The van der Waals surface area contributed by atoms with E-state index in [0.717, 1.165) is 5.56 Å². The van der Waals surface area contributed by atoms with Gasteiger partial charge in [0.2, 0.25) is 0 Å². The van der Waals surface area contributed by atoms with Crippen molar-refractivity contribution in [2.24, 2.45) is 0 Å². The minimum atomic E-state index is -3.86. The Labute approximate surface area is 158 Å². The topological polar surface area (TPSA) is 84.5 Å². The summed E-state index contributed by atoms with van der Waals surface area (Å²) in [5.74, 6) is -0.181. The van der Waals surface area contributed by atoms with Crippen LogP contribution in [0.25, 0.3) is 0 Å². The van der Waals surface area contributed by atoms with Crippen LogP contribution in [0.5, 0.6) is 5.75 Å². The van der Waals surface area contributed by atoms with Crippen molar-refractivity contribution in [1.29, 1.82) is 0 Å². The Hall–Kier alpha value is -2.09. The molecule has 0 aliphatic rings.